The Hall–Kier alpha value is -1.50. The zero-order valence-electron chi connectivity index (χ0n) is 12.2. The van der Waals surface area contributed by atoms with Crippen LogP contribution in [0.25, 0.3) is 0 Å². The predicted octanol–water partition coefficient (Wildman–Crippen LogP) is 1.55. The van der Waals surface area contributed by atoms with Crippen LogP contribution < -0.4 is 5.73 Å². The van der Waals surface area contributed by atoms with Gasteiger partial charge in [0.2, 0.25) is 0 Å². The first-order valence-electron chi connectivity index (χ1n) is 6.83. The molecule has 0 heterocycles. The second-order valence-electron chi connectivity index (χ2n) is 4.81. The van der Waals surface area contributed by atoms with Crippen LogP contribution in [0.3, 0.4) is 0 Å². The molecule has 0 saturated carbocycles. The molecule has 0 aliphatic carbocycles. The highest BCUT2D eigenvalue weighted by atomic mass is 19.1. The molecule has 1 aromatic rings. The van der Waals surface area contributed by atoms with Crippen molar-refractivity contribution in [2.45, 2.75) is 18.3 Å². The number of carbonyl (C=O) groups is 1. The highest BCUT2D eigenvalue weighted by Gasteiger charge is 2.39. The number of carboxylic acid groups (broad SMARTS) is 1. The first-order chi connectivity index (χ1) is 10.1. The summed E-state index contributed by atoms with van der Waals surface area (Å²) in [6, 6.07) is 5.55. The average Bonchev–Trinajstić information content (AvgIpc) is 2.46. The summed E-state index contributed by atoms with van der Waals surface area (Å²) in [6.07, 6.45) is 0.925. The zero-order chi connectivity index (χ0) is 15.7. The van der Waals surface area contributed by atoms with Crippen molar-refractivity contribution >= 4 is 5.97 Å². The van der Waals surface area contributed by atoms with E-state index >= 15 is 0 Å². The molecule has 0 radical (unpaired) electrons. The summed E-state index contributed by atoms with van der Waals surface area (Å²) < 4.78 is 23.6. The van der Waals surface area contributed by atoms with Crippen molar-refractivity contribution in [3.63, 3.8) is 0 Å². The maximum Gasteiger partial charge on any atom is 0.315 e. The van der Waals surface area contributed by atoms with Crippen LogP contribution in [0.1, 0.15) is 18.4 Å². The van der Waals surface area contributed by atoms with Crippen molar-refractivity contribution in [2.24, 2.45) is 5.73 Å². The van der Waals surface area contributed by atoms with Gasteiger partial charge in [-0.15, -0.1) is 0 Å². The molecule has 1 unspecified atom stereocenters. The maximum atomic E-state index is 13.3. The van der Waals surface area contributed by atoms with Crippen LogP contribution >= 0.6 is 0 Å². The molecule has 1 rings (SSSR count). The van der Waals surface area contributed by atoms with Gasteiger partial charge in [-0.1, -0.05) is 12.1 Å². The van der Waals surface area contributed by atoms with E-state index in [-0.39, 0.29) is 19.6 Å². The lowest BCUT2D eigenvalue weighted by Crippen LogP contribution is -2.44. The summed E-state index contributed by atoms with van der Waals surface area (Å²) >= 11 is 0. The number of hydrogen-bond donors (Lipinski definition) is 2. The molecule has 1 atom stereocenters. The SMILES string of the molecule is COCCCOCCC(CN)(C(=O)O)c1cccc(F)c1. The summed E-state index contributed by atoms with van der Waals surface area (Å²) in [5, 5.41) is 9.53. The summed E-state index contributed by atoms with van der Waals surface area (Å²) in [4.78, 5) is 11.7. The number of benzene rings is 1. The van der Waals surface area contributed by atoms with Gasteiger partial charge in [0.1, 0.15) is 11.2 Å². The van der Waals surface area contributed by atoms with Gasteiger partial charge in [-0.25, -0.2) is 4.39 Å². The maximum absolute atomic E-state index is 13.3. The van der Waals surface area contributed by atoms with Crippen molar-refractivity contribution in [1.29, 1.82) is 0 Å². The van der Waals surface area contributed by atoms with Gasteiger partial charge in [-0.3, -0.25) is 4.79 Å². The summed E-state index contributed by atoms with van der Waals surface area (Å²) in [7, 11) is 1.60. The minimum Gasteiger partial charge on any atom is -0.481 e. The smallest absolute Gasteiger partial charge is 0.315 e. The Bertz CT molecular complexity index is 455. The lowest BCUT2D eigenvalue weighted by atomic mass is 9.78. The molecule has 1 aromatic carbocycles. The fourth-order valence-electron chi connectivity index (χ4n) is 2.12. The predicted molar refractivity (Wildman–Crippen MR) is 76.7 cm³/mol. The number of halogens is 1. The molecule has 3 N–H and O–H groups in total. The third-order valence-electron chi connectivity index (χ3n) is 3.45. The molecule has 0 aromatic heterocycles. The summed E-state index contributed by atoms with van der Waals surface area (Å²) in [5.74, 6) is -1.55. The van der Waals surface area contributed by atoms with Gasteiger partial charge in [0, 0.05) is 33.5 Å². The van der Waals surface area contributed by atoms with Gasteiger partial charge in [0.05, 0.1) is 0 Å². The molecule has 0 saturated heterocycles. The molecule has 0 aliphatic heterocycles. The largest absolute Gasteiger partial charge is 0.481 e. The number of aliphatic carboxylic acids is 1. The summed E-state index contributed by atoms with van der Waals surface area (Å²) in [6.45, 7) is 1.19. The lowest BCUT2D eigenvalue weighted by molar-refractivity contribution is -0.144. The Morgan fingerprint density at radius 2 is 2.14 bits per heavy atom. The quantitative estimate of drug-likeness (QED) is 0.641. The van der Waals surface area contributed by atoms with Crippen LogP contribution in [0.15, 0.2) is 24.3 Å². The highest BCUT2D eigenvalue weighted by Crippen LogP contribution is 2.28. The first kappa shape index (κ1) is 17.6. The van der Waals surface area contributed by atoms with Crippen LogP contribution in [0.4, 0.5) is 4.39 Å². The van der Waals surface area contributed by atoms with E-state index in [4.69, 9.17) is 15.2 Å². The van der Waals surface area contributed by atoms with Crippen LogP contribution in [0.5, 0.6) is 0 Å². The van der Waals surface area contributed by atoms with Gasteiger partial charge in [0.25, 0.3) is 0 Å². The van der Waals surface area contributed by atoms with Crippen molar-refractivity contribution in [3.8, 4) is 0 Å². The minimum atomic E-state index is -1.33. The topological polar surface area (TPSA) is 81.8 Å². The van der Waals surface area contributed by atoms with E-state index in [1.165, 1.54) is 18.2 Å². The molecule has 118 valence electrons. The molecule has 5 nitrogen and oxygen atoms in total. The van der Waals surface area contributed by atoms with Crippen molar-refractivity contribution < 1.29 is 23.8 Å². The van der Waals surface area contributed by atoms with Gasteiger partial charge >= 0.3 is 5.97 Å². The molecular weight excluding hydrogens is 277 g/mol. The van der Waals surface area contributed by atoms with E-state index in [1.54, 1.807) is 13.2 Å². The van der Waals surface area contributed by atoms with E-state index in [0.29, 0.717) is 18.8 Å². The number of hydrogen-bond acceptors (Lipinski definition) is 4. The molecule has 21 heavy (non-hydrogen) atoms. The summed E-state index contributed by atoms with van der Waals surface area (Å²) in [5.41, 5.74) is 4.70. The Labute approximate surface area is 123 Å². The van der Waals surface area contributed by atoms with Crippen molar-refractivity contribution in [2.75, 3.05) is 33.5 Å². The van der Waals surface area contributed by atoms with Crippen LogP contribution in [0.2, 0.25) is 0 Å². The van der Waals surface area contributed by atoms with E-state index in [9.17, 15) is 14.3 Å². The second-order valence-corrected chi connectivity index (χ2v) is 4.81. The average molecular weight is 299 g/mol. The Balaban J connectivity index is 2.73. The molecule has 0 fully saturated rings. The Morgan fingerprint density at radius 1 is 1.38 bits per heavy atom. The minimum absolute atomic E-state index is 0.118. The Morgan fingerprint density at radius 3 is 2.71 bits per heavy atom. The monoisotopic (exact) mass is 299 g/mol. The van der Waals surface area contributed by atoms with Crippen LogP contribution in [-0.2, 0) is 19.7 Å². The molecule has 0 amide bonds. The number of rotatable bonds is 10. The Kier molecular flexibility index (Phi) is 7.28. The third kappa shape index (κ3) is 4.77. The van der Waals surface area contributed by atoms with E-state index in [1.807, 2.05) is 0 Å². The van der Waals surface area contributed by atoms with E-state index in [0.717, 1.165) is 6.42 Å². The van der Waals surface area contributed by atoms with Gasteiger partial charge < -0.3 is 20.3 Å². The molecule has 6 heteroatoms. The molecule has 0 aliphatic rings. The van der Waals surface area contributed by atoms with Crippen molar-refractivity contribution in [1.82, 2.24) is 0 Å². The van der Waals surface area contributed by atoms with Gasteiger partial charge in [0.15, 0.2) is 0 Å². The molecule has 0 bridgehead atoms. The fraction of sp³-hybridized carbons (Fsp3) is 0.533. The lowest BCUT2D eigenvalue weighted by Gasteiger charge is -2.28. The molecular formula is C15H22FNO4. The zero-order valence-corrected chi connectivity index (χ0v) is 12.2. The van der Waals surface area contributed by atoms with Crippen LogP contribution in [0, 0.1) is 5.82 Å². The third-order valence-corrected chi connectivity index (χ3v) is 3.45. The van der Waals surface area contributed by atoms with E-state index in [2.05, 4.69) is 0 Å². The number of ether oxygens (including phenoxy) is 2. The highest BCUT2D eigenvalue weighted by molar-refractivity contribution is 5.81. The van der Waals surface area contributed by atoms with Gasteiger partial charge in [-0.2, -0.15) is 0 Å². The first-order valence-corrected chi connectivity index (χ1v) is 6.83. The van der Waals surface area contributed by atoms with E-state index < -0.39 is 17.2 Å². The van der Waals surface area contributed by atoms with Crippen LogP contribution in [-0.4, -0.2) is 44.6 Å². The second kappa shape index (κ2) is 8.71. The standard InChI is InChI=1S/C15H22FNO4/c1-20-7-3-8-21-9-6-15(11-17,14(18)19)12-4-2-5-13(16)10-12/h2,4-5,10H,3,6-9,11,17H2,1H3,(H,18,19). The number of carboxylic acids is 1. The normalized spacial score (nSPS) is 13.9. The van der Waals surface area contributed by atoms with Crippen molar-refractivity contribution in [3.05, 3.63) is 35.6 Å². The fourth-order valence-corrected chi connectivity index (χ4v) is 2.12. The number of nitrogens with two attached hydrogens (primary N) is 1. The number of methoxy groups -OCH3 is 1. The molecule has 0 spiro atoms. The van der Waals surface area contributed by atoms with Gasteiger partial charge in [-0.05, 0) is 30.5 Å².